The number of methoxy groups -OCH3 is 2. The van der Waals surface area contributed by atoms with Crippen molar-refractivity contribution in [3.8, 4) is 11.5 Å². The fourth-order valence-corrected chi connectivity index (χ4v) is 3.42. The monoisotopic (exact) mass is 397 g/mol. The van der Waals surface area contributed by atoms with Gasteiger partial charge in [-0.3, -0.25) is 14.5 Å². The minimum atomic E-state index is -0.122. The Morgan fingerprint density at radius 1 is 1.00 bits per heavy atom. The second kappa shape index (κ2) is 9.93. The third-order valence-corrected chi connectivity index (χ3v) is 5.05. The summed E-state index contributed by atoms with van der Waals surface area (Å²) in [5.74, 6) is 1.11. The Bertz CT molecular complexity index is 833. The van der Waals surface area contributed by atoms with E-state index in [1.807, 2.05) is 30.3 Å². The summed E-state index contributed by atoms with van der Waals surface area (Å²) in [4.78, 5) is 27.0. The second-order valence-corrected chi connectivity index (χ2v) is 7.02. The van der Waals surface area contributed by atoms with Gasteiger partial charge in [-0.05, 0) is 50.2 Å². The first kappa shape index (κ1) is 20.7. The number of hydrogen-bond acceptors (Lipinski definition) is 5. The van der Waals surface area contributed by atoms with Gasteiger partial charge in [0.05, 0.1) is 26.5 Å². The Kier molecular flexibility index (Phi) is 7.08. The lowest BCUT2D eigenvalue weighted by molar-refractivity contribution is -0.121. The largest absolute Gasteiger partial charge is 0.497 e. The molecule has 1 heterocycles. The number of hydrogen-bond donors (Lipinski definition) is 2. The minimum absolute atomic E-state index is 0.0343. The first-order valence-electron chi connectivity index (χ1n) is 9.69. The van der Waals surface area contributed by atoms with E-state index in [1.54, 1.807) is 32.4 Å². The van der Waals surface area contributed by atoms with E-state index >= 15 is 0 Å². The van der Waals surface area contributed by atoms with Gasteiger partial charge in [0.2, 0.25) is 11.8 Å². The quantitative estimate of drug-likeness (QED) is 0.751. The Morgan fingerprint density at radius 2 is 1.72 bits per heavy atom. The lowest BCUT2D eigenvalue weighted by Gasteiger charge is -2.30. The normalized spacial score (nSPS) is 14.8. The number of anilines is 2. The van der Waals surface area contributed by atoms with Crippen molar-refractivity contribution in [3.63, 3.8) is 0 Å². The van der Waals surface area contributed by atoms with Gasteiger partial charge in [0.25, 0.3) is 0 Å². The third-order valence-electron chi connectivity index (χ3n) is 5.05. The van der Waals surface area contributed by atoms with E-state index in [-0.39, 0.29) is 24.3 Å². The van der Waals surface area contributed by atoms with E-state index < -0.39 is 0 Å². The topological polar surface area (TPSA) is 79.9 Å². The summed E-state index contributed by atoms with van der Waals surface area (Å²) in [6.45, 7) is 1.68. The van der Waals surface area contributed by atoms with Gasteiger partial charge in [-0.1, -0.05) is 18.2 Å². The van der Waals surface area contributed by atoms with Crippen LogP contribution in [0.4, 0.5) is 11.4 Å². The Hall–Kier alpha value is -3.06. The molecule has 2 amide bonds. The number of para-hydroxylation sites is 1. The third kappa shape index (κ3) is 5.71. The van der Waals surface area contributed by atoms with Crippen LogP contribution >= 0.6 is 0 Å². The van der Waals surface area contributed by atoms with Gasteiger partial charge in [0, 0.05) is 17.7 Å². The van der Waals surface area contributed by atoms with E-state index in [4.69, 9.17) is 9.47 Å². The molecule has 0 atom stereocenters. The molecule has 0 bridgehead atoms. The molecule has 0 aliphatic carbocycles. The van der Waals surface area contributed by atoms with Crippen molar-refractivity contribution >= 4 is 23.2 Å². The van der Waals surface area contributed by atoms with Crippen molar-refractivity contribution < 1.29 is 19.1 Å². The van der Waals surface area contributed by atoms with Gasteiger partial charge in [0.15, 0.2) is 0 Å². The van der Waals surface area contributed by atoms with Crippen LogP contribution in [0.2, 0.25) is 0 Å². The molecular weight excluding hydrogens is 370 g/mol. The smallest absolute Gasteiger partial charge is 0.238 e. The van der Waals surface area contributed by atoms with Crippen LogP contribution in [0.25, 0.3) is 0 Å². The zero-order chi connectivity index (χ0) is 20.6. The summed E-state index contributed by atoms with van der Waals surface area (Å²) in [6.07, 6.45) is 1.46. The fourth-order valence-electron chi connectivity index (χ4n) is 3.42. The number of likely N-dealkylation sites (tertiary alicyclic amines) is 1. The number of nitrogens with zero attached hydrogens (tertiary/aromatic N) is 1. The standard InChI is InChI=1S/C22H27N3O4/c1-28-18-8-9-20(29-2)19(14-18)24-21(26)15-25-12-10-16(11-13-25)22(27)23-17-6-4-3-5-7-17/h3-9,14,16H,10-13,15H2,1-2H3,(H,23,27)(H,24,26). The molecule has 0 radical (unpaired) electrons. The summed E-state index contributed by atoms with van der Waals surface area (Å²) in [6, 6.07) is 14.7. The lowest BCUT2D eigenvalue weighted by atomic mass is 9.96. The predicted octanol–water partition coefficient (Wildman–Crippen LogP) is 2.99. The summed E-state index contributed by atoms with van der Waals surface area (Å²) in [7, 11) is 3.13. The van der Waals surface area contributed by atoms with Crippen molar-refractivity contribution in [1.29, 1.82) is 0 Å². The molecule has 1 aliphatic rings. The van der Waals surface area contributed by atoms with Crippen molar-refractivity contribution in [3.05, 3.63) is 48.5 Å². The van der Waals surface area contributed by atoms with Gasteiger partial charge in [-0.15, -0.1) is 0 Å². The maximum absolute atomic E-state index is 12.5. The molecule has 2 N–H and O–H groups in total. The van der Waals surface area contributed by atoms with Crippen LogP contribution in [0.3, 0.4) is 0 Å². The van der Waals surface area contributed by atoms with Crippen LogP contribution < -0.4 is 20.1 Å². The number of piperidine rings is 1. The number of rotatable bonds is 7. The maximum Gasteiger partial charge on any atom is 0.238 e. The number of nitrogens with one attached hydrogen (secondary N) is 2. The number of carbonyl (C=O) groups is 2. The molecular formula is C22H27N3O4. The number of carbonyl (C=O) groups excluding carboxylic acids is 2. The number of benzene rings is 2. The highest BCUT2D eigenvalue weighted by Gasteiger charge is 2.26. The Labute approximate surface area is 171 Å². The average molecular weight is 397 g/mol. The SMILES string of the molecule is COc1ccc(OC)c(NC(=O)CN2CCC(C(=O)Nc3ccccc3)CC2)c1. The molecule has 1 fully saturated rings. The molecule has 0 spiro atoms. The second-order valence-electron chi connectivity index (χ2n) is 7.02. The number of ether oxygens (including phenoxy) is 2. The van der Waals surface area contributed by atoms with E-state index in [9.17, 15) is 9.59 Å². The van der Waals surface area contributed by atoms with E-state index in [1.165, 1.54) is 0 Å². The van der Waals surface area contributed by atoms with E-state index in [0.717, 1.165) is 18.5 Å². The molecule has 7 nitrogen and oxygen atoms in total. The molecule has 0 aromatic heterocycles. The summed E-state index contributed by atoms with van der Waals surface area (Å²) < 4.78 is 10.5. The van der Waals surface area contributed by atoms with E-state index in [0.29, 0.717) is 30.3 Å². The average Bonchev–Trinajstić information content (AvgIpc) is 2.74. The highest BCUT2D eigenvalue weighted by Crippen LogP contribution is 2.29. The zero-order valence-corrected chi connectivity index (χ0v) is 16.8. The Balaban J connectivity index is 1.48. The van der Waals surface area contributed by atoms with Crippen LogP contribution in [0.1, 0.15) is 12.8 Å². The molecule has 154 valence electrons. The maximum atomic E-state index is 12.5. The van der Waals surface area contributed by atoms with Gasteiger partial charge in [0.1, 0.15) is 11.5 Å². The van der Waals surface area contributed by atoms with Gasteiger partial charge in [-0.25, -0.2) is 0 Å². The molecule has 0 unspecified atom stereocenters. The van der Waals surface area contributed by atoms with Crippen molar-refractivity contribution in [1.82, 2.24) is 4.90 Å². The van der Waals surface area contributed by atoms with Crippen LogP contribution in [0.5, 0.6) is 11.5 Å². The Morgan fingerprint density at radius 3 is 2.38 bits per heavy atom. The summed E-state index contributed by atoms with van der Waals surface area (Å²) in [5, 5.41) is 5.85. The minimum Gasteiger partial charge on any atom is -0.497 e. The summed E-state index contributed by atoms with van der Waals surface area (Å²) >= 11 is 0. The van der Waals surface area contributed by atoms with Crippen LogP contribution in [0, 0.1) is 5.92 Å². The molecule has 7 heteroatoms. The fraction of sp³-hybridized carbons (Fsp3) is 0.364. The molecule has 3 rings (SSSR count). The number of amides is 2. The van der Waals surface area contributed by atoms with E-state index in [2.05, 4.69) is 15.5 Å². The van der Waals surface area contributed by atoms with Crippen molar-refractivity contribution in [2.24, 2.45) is 5.92 Å². The van der Waals surface area contributed by atoms with Gasteiger partial charge >= 0.3 is 0 Å². The van der Waals surface area contributed by atoms with Crippen LogP contribution in [-0.4, -0.2) is 50.6 Å². The van der Waals surface area contributed by atoms with Crippen molar-refractivity contribution in [2.45, 2.75) is 12.8 Å². The molecule has 0 saturated carbocycles. The van der Waals surface area contributed by atoms with Crippen LogP contribution in [-0.2, 0) is 9.59 Å². The molecule has 1 aliphatic heterocycles. The summed E-state index contributed by atoms with van der Waals surface area (Å²) in [5.41, 5.74) is 1.39. The highest BCUT2D eigenvalue weighted by molar-refractivity contribution is 5.94. The first-order chi connectivity index (χ1) is 14.1. The predicted molar refractivity (Wildman–Crippen MR) is 112 cm³/mol. The van der Waals surface area contributed by atoms with Gasteiger partial charge < -0.3 is 20.1 Å². The molecule has 1 saturated heterocycles. The highest BCUT2D eigenvalue weighted by atomic mass is 16.5. The first-order valence-corrected chi connectivity index (χ1v) is 9.69. The molecule has 29 heavy (non-hydrogen) atoms. The van der Waals surface area contributed by atoms with Crippen LogP contribution in [0.15, 0.2) is 48.5 Å². The molecule has 2 aromatic rings. The van der Waals surface area contributed by atoms with Gasteiger partial charge in [-0.2, -0.15) is 0 Å². The lowest BCUT2D eigenvalue weighted by Crippen LogP contribution is -2.41. The van der Waals surface area contributed by atoms with Crippen molar-refractivity contribution in [2.75, 3.05) is 44.5 Å². The molecule has 2 aromatic carbocycles. The zero-order valence-electron chi connectivity index (χ0n) is 16.8.